The molecule has 0 aliphatic heterocycles. The van der Waals surface area contributed by atoms with E-state index in [0.29, 0.717) is 10.4 Å². The molecule has 0 spiro atoms. The first kappa shape index (κ1) is 14.1. The van der Waals surface area contributed by atoms with Gasteiger partial charge in [-0.15, -0.1) is 0 Å². The molecule has 1 aromatic heterocycles. The Kier molecular flexibility index (Phi) is 4.99. The monoisotopic (exact) mass is 384 g/mol. The standard InChI is InChI=1S/C14H10Br2O3/c15-12-4-2-1-3-10(12)9-18-14(17)8-6-11-5-7-13(16)19-11/h1-8H,9H2/b8-6+. The Bertz CT molecular complexity index is 602. The molecule has 0 saturated heterocycles. The minimum absolute atomic E-state index is 0.229. The zero-order chi connectivity index (χ0) is 13.7. The number of hydrogen-bond acceptors (Lipinski definition) is 3. The number of hydrogen-bond donors (Lipinski definition) is 0. The molecule has 2 rings (SSSR count). The fourth-order valence-electron chi connectivity index (χ4n) is 1.38. The minimum atomic E-state index is -0.414. The molecule has 0 saturated carbocycles. The van der Waals surface area contributed by atoms with E-state index in [-0.39, 0.29) is 6.61 Å². The zero-order valence-corrected chi connectivity index (χ0v) is 13.0. The third kappa shape index (κ3) is 4.36. The van der Waals surface area contributed by atoms with Crippen molar-refractivity contribution in [3.8, 4) is 0 Å². The van der Waals surface area contributed by atoms with Crippen molar-refractivity contribution in [1.29, 1.82) is 0 Å². The maximum Gasteiger partial charge on any atom is 0.331 e. The molecule has 0 N–H and O–H groups in total. The van der Waals surface area contributed by atoms with E-state index >= 15 is 0 Å². The second kappa shape index (κ2) is 6.73. The topological polar surface area (TPSA) is 39.4 Å². The van der Waals surface area contributed by atoms with Gasteiger partial charge in [-0.1, -0.05) is 34.1 Å². The van der Waals surface area contributed by atoms with Crippen LogP contribution in [0.25, 0.3) is 6.08 Å². The van der Waals surface area contributed by atoms with Crippen LogP contribution in [0.2, 0.25) is 0 Å². The quantitative estimate of drug-likeness (QED) is 0.572. The van der Waals surface area contributed by atoms with Gasteiger partial charge in [-0.25, -0.2) is 4.79 Å². The summed E-state index contributed by atoms with van der Waals surface area (Å²) in [5, 5.41) is 0. The lowest BCUT2D eigenvalue weighted by molar-refractivity contribution is -0.138. The summed E-state index contributed by atoms with van der Waals surface area (Å²) in [6, 6.07) is 11.1. The third-order valence-electron chi connectivity index (χ3n) is 2.31. The molecule has 5 heteroatoms. The fraction of sp³-hybridized carbons (Fsp3) is 0.0714. The Labute approximate surface area is 127 Å². The minimum Gasteiger partial charge on any atom is -0.458 e. The smallest absolute Gasteiger partial charge is 0.331 e. The van der Waals surface area contributed by atoms with Crippen molar-refractivity contribution in [1.82, 2.24) is 0 Å². The highest BCUT2D eigenvalue weighted by molar-refractivity contribution is 9.10. The highest BCUT2D eigenvalue weighted by atomic mass is 79.9. The molecular formula is C14H10Br2O3. The number of rotatable bonds is 4. The molecule has 19 heavy (non-hydrogen) atoms. The molecule has 3 nitrogen and oxygen atoms in total. The summed E-state index contributed by atoms with van der Waals surface area (Å²) < 4.78 is 11.9. The van der Waals surface area contributed by atoms with E-state index in [9.17, 15) is 4.79 Å². The summed E-state index contributed by atoms with van der Waals surface area (Å²) in [5.74, 6) is 0.174. The van der Waals surface area contributed by atoms with Gasteiger partial charge in [0.15, 0.2) is 4.67 Å². The highest BCUT2D eigenvalue weighted by Crippen LogP contribution is 2.17. The van der Waals surface area contributed by atoms with E-state index in [1.807, 2.05) is 24.3 Å². The molecule has 0 aliphatic rings. The van der Waals surface area contributed by atoms with Gasteiger partial charge in [0.2, 0.25) is 0 Å². The van der Waals surface area contributed by atoms with Gasteiger partial charge in [0.05, 0.1) is 0 Å². The highest BCUT2D eigenvalue weighted by Gasteiger charge is 2.02. The van der Waals surface area contributed by atoms with E-state index in [4.69, 9.17) is 9.15 Å². The van der Waals surface area contributed by atoms with Crippen LogP contribution < -0.4 is 0 Å². The van der Waals surface area contributed by atoms with Crippen molar-refractivity contribution in [3.05, 3.63) is 62.9 Å². The molecule has 0 radical (unpaired) electrons. The third-order valence-corrected chi connectivity index (χ3v) is 3.51. The van der Waals surface area contributed by atoms with Crippen molar-refractivity contribution in [2.75, 3.05) is 0 Å². The SMILES string of the molecule is O=C(/C=C/c1ccc(Br)o1)OCc1ccccc1Br. The van der Waals surface area contributed by atoms with E-state index in [1.54, 1.807) is 18.2 Å². The molecule has 0 bridgehead atoms. The number of halogens is 2. The lowest BCUT2D eigenvalue weighted by atomic mass is 10.2. The van der Waals surface area contributed by atoms with Gasteiger partial charge in [-0.2, -0.15) is 0 Å². The van der Waals surface area contributed by atoms with Gasteiger partial charge in [0, 0.05) is 16.1 Å². The number of carbonyl (C=O) groups excluding carboxylic acids is 1. The van der Waals surface area contributed by atoms with E-state index in [1.165, 1.54) is 6.08 Å². The molecule has 2 aromatic rings. The van der Waals surface area contributed by atoms with Gasteiger partial charge < -0.3 is 9.15 Å². The van der Waals surface area contributed by atoms with Crippen LogP contribution in [0.3, 0.4) is 0 Å². The second-order valence-corrected chi connectivity index (χ2v) is 5.31. The molecule has 0 amide bonds. The van der Waals surface area contributed by atoms with Gasteiger partial charge >= 0.3 is 5.97 Å². The summed E-state index contributed by atoms with van der Waals surface area (Å²) in [6.07, 6.45) is 2.90. The number of carbonyl (C=O) groups is 1. The molecule has 0 fully saturated rings. The number of benzene rings is 1. The first-order valence-electron chi connectivity index (χ1n) is 5.49. The zero-order valence-electron chi connectivity index (χ0n) is 9.81. The van der Waals surface area contributed by atoms with E-state index in [0.717, 1.165) is 10.0 Å². The molecule has 0 atom stereocenters. The number of furan rings is 1. The average molecular weight is 386 g/mol. The summed E-state index contributed by atoms with van der Waals surface area (Å²) >= 11 is 6.58. The van der Waals surface area contributed by atoms with Crippen molar-refractivity contribution < 1.29 is 13.9 Å². The van der Waals surface area contributed by atoms with Gasteiger partial charge in [0.25, 0.3) is 0 Å². The van der Waals surface area contributed by atoms with Crippen LogP contribution in [0.15, 0.2) is 56.0 Å². The van der Waals surface area contributed by atoms with E-state index < -0.39 is 5.97 Å². The van der Waals surface area contributed by atoms with Gasteiger partial charge in [-0.3, -0.25) is 0 Å². The summed E-state index contributed by atoms with van der Waals surface area (Å²) in [7, 11) is 0. The molecule has 1 aromatic carbocycles. The normalized spacial score (nSPS) is 10.8. The summed E-state index contributed by atoms with van der Waals surface area (Å²) in [6.45, 7) is 0.229. The van der Waals surface area contributed by atoms with Crippen LogP contribution in [0.1, 0.15) is 11.3 Å². The van der Waals surface area contributed by atoms with Crippen molar-refractivity contribution >= 4 is 43.9 Å². The molecule has 0 unspecified atom stereocenters. The predicted molar refractivity (Wildman–Crippen MR) is 79.4 cm³/mol. The largest absolute Gasteiger partial charge is 0.458 e. The Hall–Kier alpha value is -1.33. The van der Waals surface area contributed by atoms with Gasteiger partial charge in [0.1, 0.15) is 12.4 Å². The van der Waals surface area contributed by atoms with Crippen LogP contribution in [0.4, 0.5) is 0 Å². The summed E-state index contributed by atoms with van der Waals surface area (Å²) in [5.41, 5.74) is 0.921. The van der Waals surface area contributed by atoms with Crippen molar-refractivity contribution in [2.24, 2.45) is 0 Å². The second-order valence-electron chi connectivity index (χ2n) is 3.67. The van der Waals surface area contributed by atoms with Crippen LogP contribution in [-0.4, -0.2) is 5.97 Å². The van der Waals surface area contributed by atoms with E-state index in [2.05, 4.69) is 31.9 Å². The first-order chi connectivity index (χ1) is 9.15. The molecular weight excluding hydrogens is 376 g/mol. The molecule has 98 valence electrons. The Morgan fingerprint density at radius 1 is 1.21 bits per heavy atom. The van der Waals surface area contributed by atoms with Crippen molar-refractivity contribution in [2.45, 2.75) is 6.61 Å². The van der Waals surface area contributed by atoms with Crippen LogP contribution in [0, 0.1) is 0 Å². The molecule has 0 aliphatic carbocycles. The Morgan fingerprint density at radius 2 is 2.00 bits per heavy atom. The number of esters is 1. The predicted octanol–water partition coefficient (Wildman–Crippen LogP) is 4.56. The lowest BCUT2D eigenvalue weighted by Crippen LogP contribution is -2.01. The van der Waals surface area contributed by atoms with Crippen LogP contribution >= 0.6 is 31.9 Å². The molecule has 1 heterocycles. The van der Waals surface area contributed by atoms with Crippen molar-refractivity contribution in [3.63, 3.8) is 0 Å². The fourth-order valence-corrected chi connectivity index (χ4v) is 2.10. The van der Waals surface area contributed by atoms with Crippen LogP contribution in [0.5, 0.6) is 0 Å². The maximum absolute atomic E-state index is 11.5. The Balaban J connectivity index is 1.88. The summed E-state index contributed by atoms with van der Waals surface area (Å²) in [4.78, 5) is 11.5. The maximum atomic E-state index is 11.5. The average Bonchev–Trinajstić information content (AvgIpc) is 2.81. The number of ether oxygens (including phenoxy) is 1. The van der Waals surface area contributed by atoms with Gasteiger partial charge in [-0.05, 0) is 40.2 Å². The Morgan fingerprint density at radius 3 is 2.68 bits per heavy atom. The first-order valence-corrected chi connectivity index (χ1v) is 7.07. The van der Waals surface area contributed by atoms with Crippen LogP contribution in [-0.2, 0) is 16.1 Å². The lowest BCUT2D eigenvalue weighted by Gasteiger charge is -2.03.